The van der Waals surface area contributed by atoms with Crippen LogP contribution in [0.4, 0.5) is 5.69 Å². The molecule has 1 aromatic rings. The predicted molar refractivity (Wildman–Crippen MR) is 68.1 cm³/mol. The van der Waals surface area contributed by atoms with Gasteiger partial charge in [-0.3, -0.25) is 4.79 Å². The van der Waals surface area contributed by atoms with E-state index in [1.807, 2.05) is 0 Å². The van der Waals surface area contributed by atoms with Gasteiger partial charge >= 0.3 is 11.9 Å². The number of carboxylic acid groups (broad SMARTS) is 1. The number of carbonyl (C=O) groups is 2. The second-order valence-electron chi connectivity index (χ2n) is 3.53. The van der Waals surface area contributed by atoms with E-state index in [0.29, 0.717) is 12.2 Å². The van der Waals surface area contributed by atoms with E-state index in [-0.39, 0.29) is 23.6 Å². The van der Waals surface area contributed by atoms with E-state index in [2.05, 4.69) is 0 Å². The van der Waals surface area contributed by atoms with Crippen molar-refractivity contribution in [2.75, 3.05) is 12.3 Å². The largest absolute Gasteiger partial charge is 0.478 e. The summed E-state index contributed by atoms with van der Waals surface area (Å²) < 4.78 is 4.75. The zero-order chi connectivity index (χ0) is 13.5. The molecule has 18 heavy (non-hydrogen) atoms. The van der Waals surface area contributed by atoms with Crippen LogP contribution in [0.2, 0.25) is 0 Å². The zero-order valence-electron chi connectivity index (χ0n) is 10.1. The molecule has 0 aromatic heterocycles. The average Bonchev–Trinajstić information content (AvgIpc) is 2.28. The molecule has 96 valence electrons. The Balaban J connectivity index is 2.85. The van der Waals surface area contributed by atoms with E-state index in [1.165, 1.54) is 6.07 Å². The van der Waals surface area contributed by atoms with Crippen molar-refractivity contribution in [3.05, 3.63) is 35.4 Å². The van der Waals surface area contributed by atoms with Gasteiger partial charge in [0, 0.05) is 5.69 Å². The maximum absolute atomic E-state index is 11.1. The number of hydrogen-bond donors (Lipinski definition) is 2. The van der Waals surface area contributed by atoms with Crippen LogP contribution in [0.5, 0.6) is 0 Å². The minimum absolute atomic E-state index is 0.0395. The number of benzene rings is 1. The van der Waals surface area contributed by atoms with Gasteiger partial charge in [0.15, 0.2) is 0 Å². The minimum Gasteiger partial charge on any atom is -0.478 e. The Morgan fingerprint density at radius 1 is 1.44 bits per heavy atom. The first kappa shape index (κ1) is 13.8. The van der Waals surface area contributed by atoms with Crippen LogP contribution < -0.4 is 5.73 Å². The van der Waals surface area contributed by atoms with Crippen LogP contribution in [-0.2, 0) is 9.53 Å². The van der Waals surface area contributed by atoms with Gasteiger partial charge in [-0.05, 0) is 18.6 Å². The normalized spacial score (nSPS) is 10.5. The Kier molecular flexibility index (Phi) is 4.92. The highest BCUT2D eigenvalue weighted by atomic mass is 16.5. The van der Waals surface area contributed by atoms with Crippen molar-refractivity contribution < 1.29 is 19.4 Å². The summed E-state index contributed by atoms with van der Waals surface area (Å²) in [5.74, 6) is -1.45. The number of carboxylic acids is 1. The zero-order valence-corrected chi connectivity index (χ0v) is 10.1. The number of aromatic carboxylic acids is 1. The van der Waals surface area contributed by atoms with Gasteiger partial charge in [0.1, 0.15) is 0 Å². The molecule has 1 rings (SSSR count). The maximum atomic E-state index is 11.1. The Labute approximate surface area is 105 Å². The van der Waals surface area contributed by atoms with Gasteiger partial charge < -0.3 is 15.6 Å². The summed E-state index contributed by atoms with van der Waals surface area (Å²) >= 11 is 0. The molecule has 5 nitrogen and oxygen atoms in total. The molecule has 0 unspecified atom stereocenters. The lowest BCUT2D eigenvalue weighted by atomic mass is 10.0. The molecule has 0 amide bonds. The van der Waals surface area contributed by atoms with Crippen LogP contribution in [0.25, 0.3) is 6.08 Å². The number of esters is 1. The van der Waals surface area contributed by atoms with Crippen LogP contribution in [-0.4, -0.2) is 23.7 Å². The standard InChI is InChI=1S/C13H15NO4/c1-2-18-11(15)8-4-6-9-5-3-7-10(14)12(9)13(16)17/h3-7H,2,8,14H2,1H3,(H,16,17). The monoisotopic (exact) mass is 249 g/mol. The molecule has 5 heteroatoms. The summed E-state index contributed by atoms with van der Waals surface area (Å²) in [5, 5.41) is 9.03. The van der Waals surface area contributed by atoms with Crippen molar-refractivity contribution in [2.45, 2.75) is 13.3 Å². The highest BCUT2D eigenvalue weighted by Crippen LogP contribution is 2.18. The molecule has 3 N–H and O–H groups in total. The van der Waals surface area contributed by atoms with Crippen LogP contribution in [0, 0.1) is 0 Å². The first-order valence-electron chi connectivity index (χ1n) is 5.50. The first-order chi connectivity index (χ1) is 8.56. The lowest BCUT2D eigenvalue weighted by Crippen LogP contribution is -2.05. The van der Waals surface area contributed by atoms with Crippen molar-refractivity contribution in [3.63, 3.8) is 0 Å². The fourth-order valence-electron chi connectivity index (χ4n) is 1.48. The second-order valence-corrected chi connectivity index (χ2v) is 3.53. The van der Waals surface area contributed by atoms with Crippen molar-refractivity contribution in [1.29, 1.82) is 0 Å². The van der Waals surface area contributed by atoms with Crippen LogP contribution in [0.3, 0.4) is 0 Å². The third kappa shape index (κ3) is 3.62. The first-order valence-corrected chi connectivity index (χ1v) is 5.50. The molecule has 0 saturated carbocycles. The highest BCUT2D eigenvalue weighted by molar-refractivity contribution is 5.97. The summed E-state index contributed by atoms with van der Waals surface area (Å²) in [5.41, 5.74) is 6.29. The number of anilines is 1. The molecule has 0 heterocycles. The summed E-state index contributed by atoms with van der Waals surface area (Å²) in [6, 6.07) is 4.80. The van der Waals surface area contributed by atoms with Gasteiger partial charge in [-0.25, -0.2) is 4.79 Å². The predicted octanol–water partition coefficient (Wildman–Crippen LogP) is 1.93. The lowest BCUT2D eigenvalue weighted by Gasteiger charge is -2.04. The Morgan fingerprint density at radius 2 is 2.17 bits per heavy atom. The number of hydrogen-bond acceptors (Lipinski definition) is 4. The summed E-state index contributed by atoms with van der Waals surface area (Å²) in [6.07, 6.45) is 3.21. The quantitative estimate of drug-likeness (QED) is 0.614. The molecule has 0 atom stereocenters. The Morgan fingerprint density at radius 3 is 2.78 bits per heavy atom. The summed E-state index contributed by atoms with van der Waals surface area (Å²) in [7, 11) is 0. The molecule has 0 fully saturated rings. The van der Waals surface area contributed by atoms with E-state index >= 15 is 0 Å². The number of nitrogens with two attached hydrogens (primary N) is 1. The third-order valence-corrected chi connectivity index (χ3v) is 2.23. The smallest absolute Gasteiger partial charge is 0.338 e. The Hall–Kier alpha value is -2.30. The topological polar surface area (TPSA) is 89.6 Å². The number of nitrogen functional groups attached to an aromatic ring is 1. The second kappa shape index (κ2) is 6.44. The maximum Gasteiger partial charge on any atom is 0.338 e. The summed E-state index contributed by atoms with van der Waals surface area (Å²) in [4.78, 5) is 22.1. The van der Waals surface area contributed by atoms with Crippen LogP contribution in [0.1, 0.15) is 29.3 Å². The molecular formula is C13H15NO4. The van der Waals surface area contributed by atoms with E-state index in [1.54, 1.807) is 31.2 Å². The highest BCUT2D eigenvalue weighted by Gasteiger charge is 2.11. The fourth-order valence-corrected chi connectivity index (χ4v) is 1.48. The van der Waals surface area contributed by atoms with E-state index in [0.717, 1.165) is 0 Å². The van der Waals surface area contributed by atoms with E-state index in [9.17, 15) is 9.59 Å². The van der Waals surface area contributed by atoms with Gasteiger partial charge in [-0.2, -0.15) is 0 Å². The minimum atomic E-state index is -1.09. The van der Waals surface area contributed by atoms with Crippen molar-refractivity contribution in [2.24, 2.45) is 0 Å². The molecule has 0 aliphatic rings. The molecule has 0 aliphatic carbocycles. The average molecular weight is 249 g/mol. The van der Waals surface area contributed by atoms with E-state index in [4.69, 9.17) is 15.6 Å². The Bertz CT molecular complexity index is 480. The SMILES string of the molecule is CCOC(=O)CC=Cc1cccc(N)c1C(=O)O. The summed E-state index contributed by atoms with van der Waals surface area (Å²) in [6.45, 7) is 2.05. The molecule has 1 aromatic carbocycles. The third-order valence-electron chi connectivity index (χ3n) is 2.23. The molecule has 0 aliphatic heterocycles. The number of carbonyl (C=O) groups excluding carboxylic acids is 1. The number of rotatable bonds is 5. The van der Waals surface area contributed by atoms with Crippen LogP contribution >= 0.6 is 0 Å². The van der Waals surface area contributed by atoms with Crippen molar-refractivity contribution in [3.8, 4) is 0 Å². The number of ether oxygens (including phenoxy) is 1. The van der Waals surface area contributed by atoms with Gasteiger partial charge in [0.2, 0.25) is 0 Å². The van der Waals surface area contributed by atoms with Crippen molar-refractivity contribution >= 4 is 23.7 Å². The molecule has 0 saturated heterocycles. The van der Waals surface area contributed by atoms with Gasteiger partial charge in [-0.1, -0.05) is 24.3 Å². The molecule has 0 bridgehead atoms. The van der Waals surface area contributed by atoms with Gasteiger partial charge in [0.25, 0.3) is 0 Å². The van der Waals surface area contributed by atoms with Gasteiger partial charge in [-0.15, -0.1) is 0 Å². The molecule has 0 spiro atoms. The van der Waals surface area contributed by atoms with Crippen LogP contribution in [0.15, 0.2) is 24.3 Å². The lowest BCUT2D eigenvalue weighted by molar-refractivity contribution is -0.142. The fraction of sp³-hybridized carbons (Fsp3) is 0.231. The van der Waals surface area contributed by atoms with Gasteiger partial charge in [0.05, 0.1) is 18.6 Å². The van der Waals surface area contributed by atoms with Crippen molar-refractivity contribution in [1.82, 2.24) is 0 Å². The van der Waals surface area contributed by atoms with E-state index < -0.39 is 5.97 Å². The molecular weight excluding hydrogens is 234 g/mol. The molecule has 0 radical (unpaired) electrons.